The van der Waals surface area contributed by atoms with Crippen molar-refractivity contribution >= 4 is 23.4 Å². The number of carbonyl (C=O) groups excluding carboxylic acids is 1. The van der Waals surface area contributed by atoms with Crippen LogP contribution in [0.1, 0.15) is 18.9 Å². The summed E-state index contributed by atoms with van der Waals surface area (Å²) in [5.41, 5.74) is -2.67. The van der Waals surface area contributed by atoms with Crippen molar-refractivity contribution in [1.82, 2.24) is 5.01 Å². The van der Waals surface area contributed by atoms with Gasteiger partial charge < -0.3 is 5.11 Å². The molecule has 0 saturated carbocycles. The van der Waals surface area contributed by atoms with E-state index in [1.807, 2.05) is 0 Å². The summed E-state index contributed by atoms with van der Waals surface area (Å²) in [6.07, 6.45) is -5.77. The molecule has 4 nitrogen and oxygen atoms in total. The lowest BCUT2D eigenvalue weighted by molar-refractivity contribution is -0.301. The van der Waals surface area contributed by atoms with E-state index < -0.39 is 30.0 Å². The molecule has 0 aliphatic carbocycles. The van der Waals surface area contributed by atoms with Crippen LogP contribution in [0.4, 0.5) is 17.6 Å². The zero-order valence-electron chi connectivity index (χ0n) is 12.1. The lowest BCUT2D eigenvalue weighted by atomic mass is 10.1. The van der Waals surface area contributed by atoms with Gasteiger partial charge in [0.2, 0.25) is 0 Å². The number of carbonyl (C=O) groups is 1. The molecule has 1 N–H and O–H groups in total. The molecule has 0 unspecified atom stereocenters. The van der Waals surface area contributed by atoms with Crippen LogP contribution in [0.2, 0.25) is 0 Å². The van der Waals surface area contributed by atoms with Gasteiger partial charge in [0.1, 0.15) is 5.82 Å². The zero-order valence-corrected chi connectivity index (χ0v) is 12.9. The largest absolute Gasteiger partial charge is 0.438 e. The third kappa shape index (κ3) is 3.84. The van der Waals surface area contributed by atoms with E-state index in [0.717, 1.165) is 11.8 Å². The van der Waals surface area contributed by atoms with Gasteiger partial charge in [-0.05, 0) is 24.6 Å². The molecule has 1 aliphatic heterocycles. The molecule has 1 aliphatic rings. The average molecular weight is 350 g/mol. The fourth-order valence-corrected chi connectivity index (χ4v) is 2.96. The highest BCUT2D eigenvalue weighted by molar-refractivity contribution is 7.99. The third-order valence-corrected chi connectivity index (χ3v) is 4.19. The van der Waals surface area contributed by atoms with Crippen molar-refractivity contribution in [1.29, 1.82) is 0 Å². The Hall–Kier alpha value is -1.61. The van der Waals surface area contributed by atoms with Gasteiger partial charge in [0.25, 0.3) is 11.6 Å². The van der Waals surface area contributed by atoms with Crippen LogP contribution in [0, 0.1) is 5.82 Å². The highest BCUT2D eigenvalue weighted by Gasteiger charge is 2.62. The van der Waals surface area contributed by atoms with Crippen LogP contribution in [-0.4, -0.2) is 39.4 Å². The first-order chi connectivity index (χ1) is 10.6. The number of hydrogen-bond acceptors (Lipinski definition) is 4. The number of alkyl halides is 3. The van der Waals surface area contributed by atoms with E-state index in [1.165, 1.54) is 25.1 Å². The molecule has 126 valence electrons. The highest BCUT2D eigenvalue weighted by atomic mass is 32.2. The van der Waals surface area contributed by atoms with Crippen molar-refractivity contribution in [3.8, 4) is 0 Å². The number of thioether (sulfide) groups is 1. The quantitative estimate of drug-likeness (QED) is 0.850. The van der Waals surface area contributed by atoms with Gasteiger partial charge in [-0.1, -0.05) is 12.1 Å². The van der Waals surface area contributed by atoms with Gasteiger partial charge in [-0.15, -0.1) is 11.8 Å². The van der Waals surface area contributed by atoms with Crippen molar-refractivity contribution < 1.29 is 27.5 Å². The fourth-order valence-electron chi connectivity index (χ4n) is 2.15. The van der Waals surface area contributed by atoms with Crippen LogP contribution in [0.25, 0.3) is 0 Å². The summed E-state index contributed by atoms with van der Waals surface area (Å²) in [6, 6.07) is 5.69. The number of hydrazone groups is 1. The van der Waals surface area contributed by atoms with Crippen LogP contribution >= 0.6 is 11.8 Å². The number of halogens is 4. The van der Waals surface area contributed by atoms with Crippen LogP contribution in [0.3, 0.4) is 0 Å². The molecule has 1 atom stereocenters. The summed E-state index contributed by atoms with van der Waals surface area (Å²) in [5, 5.41) is 13.4. The van der Waals surface area contributed by atoms with Crippen molar-refractivity contribution in [2.24, 2.45) is 5.10 Å². The Labute approximate surface area is 134 Å². The number of benzene rings is 1. The zero-order chi connectivity index (χ0) is 17.3. The first-order valence-electron chi connectivity index (χ1n) is 6.62. The summed E-state index contributed by atoms with van der Waals surface area (Å²) in [4.78, 5) is 12.0. The Morgan fingerprint density at radius 1 is 1.48 bits per heavy atom. The Bertz CT molecular complexity index is 635. The monoisotopic (exact) mass is 350 g/mol. The van der Waals surface area contributed by atoms with Gasteiger partial charge in [-0.2, -0.15) is 23.3 Å². The summed E-state index contributed by atoms with van der Waals surface area (Å²) in [7, 11) is 0. The first-order valence-corrected chi connectivity index (χ1v) is 7.77. The number of hydrogen-bond donors (Lipinski definition) is 1. The topological polar surface area (TPSA) is 52.9 Å². The van der Waals surface area contributed by atoms with Crippen molar-refractivity contribution in [2.45, 2.75) is 31.0 Å². The van der Waals surface area contributed by atoms with E-state index in [2.05, 4.69) is 5.10 Å². The molecule has 1 heterocycles. The predicted octanol–water partition coefficient (Wildman–Crippen LogP) is 2.92. The van der Waals surface area contributed by atoms with Gasteiger partial charge >= 0.3 is 6.18 Å². The van der Waals surface area contributed by atoms with Gasteiger partial charge in [0, 0.05) is 17.9 Å². The van der Waals surface area contributed by atoms with E-state index in [1.54, 1.807) is 6.07 Å². The Morgan fingerprint density at radius 3 is 2.78 bits per heavy atom. The SMILES string of the molecule is CC1=NN(C(=O)CSCc2cccc(F)c2)[C@](O)(C(F)(F)F)C1. The Morgan fingerprint density at radius 2 is 2.17 bits per heavy atom. The van der Waals surface area contributed by atoms with Crippen molar-refractivity contribution in [3.05, 3.63) is 35.6 Å². The summed E-state index contributed by atoms with van der Waals surface area (Å²) in [5.74, 6) is -1.44. The minimum Gasteiger partial charge on any atom is -0.362 e. The van der Waals surface area contributed by atoms with Crippen molar-refractivity contribution in [3.63, 3.8) is 0 Å². The van der Waals surface area contributed by atoms with Crippen LogP contribution in [-0.2, 0) is 10.5 Å². The smallest absolute Gasteiger partial charge is 0.362 e. The van der Waals surface area contributed by atoms with Gasteiger partial charge in [-0.3, -0.25) is 4.79 Å². The highest BCUT2D eigenvalue weighted by Crippen LogP contribution is 2.40. The molecule has 0 saturated heterocycles. The fraction of sp³-hybridized carbons (Fsp3) is 0.429. The molecule has 1 amide bonds. The molecule has 0 bridgehead atoms. The molecular formula is C14H14F4N2O2S. The molecule has 0 fully saturated rings. The molecular weight excluding hydrogens is 336 g/mol. The van der Waals surface area contributed by atoms with E-state index in [0.29, 0.717) is 5.56 Å². The van der Waals surface area contributed by atoms with E-state index in [-0.39, 0.29) is 22.2 Å². The average Bonchev–Trinajstić information content (AvgIpc) is 2.75. The van der Waals surface area contributed by atoms with Crippen LogP contribution in [0.15, 0.2) is 29.4 Å². The molecule has 0 spiro atoms. The lowest BCUT2D eigenvalue weighted by Gasteiger charge is -2.32. The first kappa shape index (κ1) is 17.7. The maximum absolute atomic E-state index is 13.0. The molecule has 23 heavy (non-hydrogen) atoms. The summed E-state index contributed by atoms with van der Waals surface area (Å²) < 4.78 is 52.0. The normalized spacial score (nSPS) is 21.5. The second kappa shape index (κ2) is 6.48. The minimum absolute atomic E-state index is 0.0216. The standard InChI is InChI=1S/C14H14F4N2O2S/c1-9-6-13(22,14(16,17)18)20(19-9)12(21)8-23-7-10-3-2-4-11(15)5-10/h2-5,22H,6-8H2,1H3/t13-/m1/s1. The molecule has 2 rings (SSSR count). The molecule has 0 radical (unpaired) electrons. The van der Waals surface area contributed by atoms with E-state index >= 15 is 0 Å². The predicted molar refractivity (Wildman–Crippen MR) is 78.1 cm³/mol. The van der Waals surface area contributed by atoms with E-state index in [4.69, 9.17) is 0 Å². The maximum atomic E-state index is 13.0. The van der Waals surface area contributed by atoms with Gasteiger partial charge in [0.05, 0.1) is 5.75 Å². The third-order valence-electron chi connectivity index (χ3n) is 3.20. The number of rotatable bonds is 4. The number of aliphatic hydroxyl groups is 1. The molecule has 1 aromatic carbocycles. The van der Waals surface area contributed by atoms with Crippen LogP contribution < -0.4 is 0 Å². The molecule has 1 aromatic rings. The lowest BCUT2D eigenvalue weighted by Crippen LogP contribution is -2.57. The minimum atomic E-state index is -5.00. The summed E-state index contributed by atoms with van der Waals surface area (Å²) in [6.45, 7) is 1.31. The maximum Gasteiger partial charge on any atom is 0.438 e. The van der Waals surface area contributed by atoms with Crippen molar-refractivity contribution in [2.75, 3.05) is 5.75 Å². The summed E-state index contributed by atoms with van der Waals surface area (Å²) >= 11 is 1.02. The molecule has 0 aromatic heterocycles. The van der Waals surface area contributed by atoms with Gasteiger partial charge in [0.15, 0.2) is 0 Å². The van der Waals surface area contributed by atoms with Gasteiger partial charge in [-0.25, -0.2) is 4.39 Å². The second-order valence-corrected chi connectivity index (χ2v) is 6.14. The van der Waals surface area contributed by atoms with E-state index in [9.17, 15) is 27.5 Å². The number of amides is 1. The second-order valence-electron chi connectivity index (χ2n) is 5.15. The Balaban J connectivity index is 1.99. The number of nitrogens with zero attached hydrogens (tertiary/aromatic N) is 2. The van der Waals surface area contributed by atoms with Crippen LogP contribution in [0.5, 0.6) is 0 Å². The molecule has 9 heteroatoms. The Kier molecular flexibility index (Phi) is 5.00.